The van der Waals surface area contributed by atoms with Crippen LogP contribution in [0.2, 0.25) is 0 Å². The fourth-order valence-electron chi connectivity index (χ4n) is 4.09. The Kier molecular flexibility index (Phi) is 7.43. The summed E-state index contributed by atoms with van der Waals surface area (Å²) in [6.07, 6.45) is 2.22. The van der Waals surface area contributed by atoms with Gasteiger partial charge in [0.2, 0.25) is 5.91 Å². The van der Waals surface area contributed by atoms with Gasteiger partial charge >= 0.3 is 5.69 Å². The highest BCUT2D eigenvalue weighted by atomic mass is 16.5. The standard InChI is InChI=1S/C24H32N4O5/c1-6-7-28-22(25)21(23(30)26-24(28)31)27(8-9-32-5)20(29)11-16-13-33-19-10-15(4)17(14(2)3)12-18(16)19/h10,12-14H,6-9,11,25H2,1-5H3,(H,26,30,31). The minimum atomic E-state index is -0.705. The number of nitrogens with one attached hydrogen (secondary N) is 1. The number of hydrogen-bond donors (Lipinski definition) is 2. The molecule has 0 fully saturated rings. The minimum Gasteiger partial charge on any atom is -0.464 e. The predicted molar refractivity (Wildman–Crippen MR) is 129 cm³/mol. The second-order valence-corrected chi connectivity index (χ2v) is 8.48. The summed E-state index contributed by atoms with van der Waals surface area (Å²) in [7, 11) is 1.51. The van der Waals surface area contributed by atoms with Gasteiger partial charge in [0.15, 0.2) is 5.69 Å². The zero-order chi connectivity index (χ0) is 24.3. The summed E-state index contributed by atoms with van der Waals surface area (Å²) in [6.45, 7) is 8.79. The van der Waals surface area contributed by atoms with Crippen molar-refractivity contribution < 1.29 is 13.9 Å². The number of H-pyrrole nitrogens is 1. The van der Waals surface area contributed by atoms with Gasteiger partial charge in [0.25, 0.3) is 5.56 Å². The Labute approximate surface area is 192 Å². The molecular weight excluding hydrogens is 424 g/mol. The number of nitrogens with zero attached hydrogens (tertiary/aromatic N) is 2. The number of aromatic amines is 1. The van der Waals surface area contributed by atoms with Crippen molar-refractivity contribution in [3.05, 3.63) is 55.9 Å². The van der Waals surface area contributed by atoms with Crippen molar-refractivity contribution in [3.63, 3.8) is 0 Å². The second-order valence-electron chi connectivity index (χ2n) is 8.48. The highest BCUT2D eigenvalue weighted by Gasteiger charge is 2.25. The lowest BCUT2D eigenvalue weighted by Crippen LogP contribution is -2.43. The van der Waals surface area contributed by atoms with E-state index in [9.17, 15) is 14.4 Å². The number of aromatic nitrogens is 2. The topological polar surface area (TPSA) is 124 Å². The molecule has 0 radical (unpaired) electrons. The van der Waals surface area contributed by atoms with Crippen LogP contribution in [0.25, 0.3) is 11.0 Å². The summed E-state index contributed by atoms with van der Waals surface area (Å²) in [5.41, 5.74) is 8.59. The number of carbonyl (C=O) groups excluding carboxylic acids is 1. The van der Waals surface area contributed by atoms with Crippen molar-refractivity contribution in [2.45, 2.75) is 53.0 Å². The average Bonchev–Trinajstić information content (AvgIpc) is 3.13. The van der Waals surface area contributed by atoms with Gasteiger partial charge in [0, 0.05) is 31.1 Å². The molecule has 178 valence electrons. The number of aryl methyl sites for hydroxylation is 1. The Hall–Kier alpha value is -3.33. The minimum absolute atomic E-state index is 0.00307. The Balaban J connectivity index is 2.05. The monoisotopic (exact) mass is 456 g/mol. The molecule has 9 heteroatoms. The van der Waals surface area contributed by atoms with Crippen molar-refractivity contribution in [2.75, 3.05) is 30.9 Å². The van der Waals surface area contributed by atoms with Crippen LogP contribution in [0.5, 0.6) is 0 Å². The summed E-state index contributed by atoms with van der Waals surface area (Å²) in [5, 5.41) is 0.863. The van der Waals surface area contributed by atoms with Crippen molar-refractivity contribution in [1.82, 2.24) is 9.55 Å². The third-order valence-electron chi connectivity index (χ3n) is 5.76. The maximum absolute atomic E-state index is 13.4. The van der Waals surface area contributed by atoms with Crippen LogP contribution in [0.15, 0.2) is 32.4 Å². The van der Waals surface area contributed by atoms with Crippen LogP contribution in [0.3, 0.4) is 0 Å². The van der Waals surface area contributed by atoms with E-state index in [1.807, 2.05) is 19.9 Å². The van der Waals surface area contributed by atoms with Crippen LogP contribution >= 0.6 is 0 Å². The predicted octanol–water partition coefficient (Wildman–Crippen LogP) is 2.93. The van der Waals surface area contributed by atoms with Crippen LogP contribution in [0.1, 0.15) is 49.8 Å². The fraction of sp³-hybridized carbons (Fsp3) is 0.458. The van der Waals surface area contributed by atoms with Gasteiger partial charge in [0.1, 0.15) is 11.4 Å². The number of furan rings is 1. The van der Waals surface area contributed by atoms with Gasteiger partial charge in [-0.3, -0.25) is 19.1 Å². The summed E-state index contributed by atoms with van der Waals surface area (Å²) < 4.78 is 12.1. The van der Waals surface area contributed by atoms with Gasteiger partial charge in [-0.05, 0) is 42.5 Å². The number of methoxy groups -OCH3 is 1. The molecule has 9 nitrogen and oxygen atoms in total. The number of carbonyl (C=O) groups is 1. The molecule has 0 aliphatic carbocycles. The molecule has 0 aliphatic heterocycles. The van der Waals surface area contributed by atoms with Gasteiger partial charge in [-0.2, -0.15) is 0 Å². The summed E-state index contributed by atoms with van der Waals surface area (Å²) >= 11 is 0. The molecule has 2 aromatic heterocycles. The first-order chi connectivity index (χ1) is 15.7. The molecule has 1 aromatic carbocycles. The molecular formula is C24H32N4O5. The van der Waals surface area contributed by atoms with Crippen LogP contribution in [-0.2, 0) is 22.5 Å². The molecule has 0 saturated carbocycles. The normalized spacial score (nSPS) is 11.5. The smallest absolute Gasteiger partial charge is 0.330 e. The Morgan fingerprint density at radius 1 is 1.30 bits per heavy atom. The molecule has 0 aliphatic rings. The molecule has 3 aromatic rings. The van der Waals surface area contributed by atoms with Gasteiger partial charge < -0.3 is 19.8 Å². The quantitative estimate of drug-likeness (QED) is 0.510. The number of fused-ring (bicyclic) bond motifs is 1. The number of benzene rings is 1. The van der Waals surface area contributed by atoms with E-state index >= 15 is 0 Å². The Bertz CT molecular complexity index is 1270. The summed E-state index contributed by atoms with van der Waals surface area (Å²) in [4.78, 5) is 41.9. The zero-order valence-corrected chi connectivity index (χ0v) is 19.9. The summed E-state index contributed by atoms with van der Waals surface area (Å²) in [5.74, 6) is -0.0610. The highest BCUT2D eigenvalue weighted by Crippen LogP contribution is 2.30. The van der Waals surface area contributed by atoms with E-state index in [4.69, 9.17) is 14.9 Å². The van der Waals surface area contributed by atoms with E-state index in [-0.39, 0.29) is 37.0 Å². The van der Waals surface area contributed by atoms with E-state index in [0.29, 0.717) is 24.5 Å². The van der Waals surface area contributed by atoms with Gasteiger partial charge in [0.05, 0.1) is 19.3 Å². The van der Waals surface area contributed by atoms with Crippen LogP contribution in [-0.4, -0.2) is 35.7 Å². The lowest BCUT2D eigenvalue weighted by atomic mass is 9.95. The number of nitrogens with two attached hydrogens (primary N) is 1. The maximum Gasteiger partial charge on any atom is 0.330 e. The maximum atomic E-state index is 13.4. The molecule has 2 heterocycles. The number of ether oxygens (including phenoxy) is 1. The van der Waals surface area contributed by atoms with Crippen LogP contribution < -0.4 is 21.9 Å². The van der Waals surface area contributed by atoms with Gasteiger partial charge in [-0.15, -0.1) is 0 Å². The Morgan fingerprint density at radius 2 is 2.03 bits per heavy atom. The van der Waals surface area contributed by atoms with Crippen molar-refractivity contribution in [2.24, 2.45) is 0 Å². The third-order valence-corrected chi connectivity index (χ3v) is 5.76. The van der Waals surface area contributed by atoms with Crippen molar-refractivity contribution >= 4 is 28.4 Å². The molecule has 3 rings (SSSR count). The number of amides is 1. The lowest BCUT2D eigenvalue weighted by molar-refractivity contribution is -0.118. The molecule has 0 bridgehead atoms. The van der Waals surface area contributed by atoms with Crippen molar-refractivity contribution in [3.8, 4) is 0 Å². The first-order valence-electron chi connectivity index (χ1n) is 11.1. The zero-order valence-electron chi connectivity index (χ0n) is 19.9. The fourth-order valence-corrected chi connectivity index (χ4v) is 4.09. The molecule has 33 heavy (non-hydrogen) atoms. The molecule has 0 saturated heterocycles. The van der Waals surface area contributed by atoms with E-state index in [1.54, 1.807) is 6.26 Å². The average molecular weight is 457 g/mol. The van der Waals surface area contributed by atoms with Crippen molar-refractivity contribution in [1.29, 1.82) is 0 Å². The summed E-state index contributed by atoms with van der Waals surface area (Å²) in [6, 6.07) is 4.04. The van der Waals surface area contributed by atoms with E-state index in [2.05, 4.69) is 24.9 Å². The molecule has 3 N–H and O–H groups in total. The van der Waals surface area contributed by atoms with Gasteiger partial charge in [-0.1, -0.05) is 20.8 Å². The number of hydrogen-bond acceptors (Lipinski definition) is 6. The molecule has 0 unspecified atom stereocenters. The number of anilines is 2. The number of nitrogen functional groups attached to an aromatic ring is 1. The molecule has 0 atom stereocenters. The largest absolute Gasteiger partial charge is 0.464 e. The van der Waals surface area contributed by atoms with Gasteiger partial charge in [-0.25, -0.2) is 4.79 Å². The van der Waals surface area contributed by atoms with Crippen LogP contribution in [0, 0.1) is 6.92 Å². The SMILES string of the molecule is CCCn1c(N)c(N(CCOC)C(=O)Cc2coc3cc(C)c(C(C)C)cc23)c(=O)[nH]c1=O. The lowest BCUT2D eigenvalue weighted by Gasteiger charge is -2.24. The second kappa shape index (κ2) is 10.1. The Morgan fingerprint density at radius 3 is 2.67 bits per heavy atom. The highest BCUT2D eigenvalue weighted by molar-refractivity contribution is 5.99. The first-order valence-corrected chi connectivity index (χ1v) is 11.1. The van der Waals surface area contributed by atoms with E-state index < -0.39 is 11.2 Å². The van der Waals surface area contributed by atoms with E-state index in [0.717, 1.165) is 16.5 Å². The molecule has 1 amide bonds. The van der Waals surface area contributed by atoms with Crippen LogP contribution in [0.4, 0.5) is 11.5 Å². The number of rotatable bonds is 9. The third kappa shape index (κ3) is 4.88. The first kappa shape index (κ1) is 24.3. The van der Waals surface area contributed by atoms with E-state index in [1.165, 1.54) is 22.1 Å². The molecule has 0 spiro atoms.